The van der Waals surface area contributed by atoms with Gasteiger partial charge in [0.2, 0.25) is 0 Å². The van der Waals surface area contributed by atoms with Crippen LogP contribution in [-0.4, -0.2) is 18.7 Å². The number of hydrogen-bond donors (Lipinski definition) is 3. The number of aryl methyl sites for hydroxylation is 2. The van der Waals surface area contributed by atoms with Crippen molar-refractivity contribution in [3.8, 4) is 0 Å². The largest absolute Gasteiger partial charge is 0.744 e. The second kappa shape index (κ2) is 9.11. The monoisotopic (exact) mass is 424 g/mol. The molecule has 0 spiro atoms. The van der Waals surface area contributed by atoms with E-state index < -0.39 is 10.1 Å². The van der Waals surface area contributed by atoms with Gasteiger partial charge in [0.15, 0.2) is 0 Å². The van der Waals surface area contributed by atoms with Gasteiger partial charge in [0.1, 0.15) is 10.1 Å². The molecule has 0 radical (unpaired) electrons. The molecule has 7 heteroatoms. The zero-order valence-corrected chi connectivity index (χ0v) is 18.3. The Bertz CT molecular complexity index is 1130. The van der Waals surface area contributed by atoms with E-state index in [2.05, 4.69) is 0 Å². The van der Waals surface area contributed by atoms with Crippen molar-refractivity contribution in [2.75, 3.05) is 11.5 Å². The van der Waals surface area contributed by atoms with Crippen molar-refractivity contribution in [2.24, 2.45) is 0 Å². The van der Waals surface area contributed by atoms with Gasteiger partial charge in [-0.15, -0.1) is 0 Å². The summed E-state index contributed by atoms with van der Waals surface area (Å²) in [6.45, 7) is 7.99. The van der Waals surface area contributed by atoms with E-state index in [0.717, 1.165) is 33.4 Å². The van der Waals surface area contributed by atoms with Crippen molar-refractivity contribution < 1.29 is 13.0 Å². The predicted molar refractivity (Wildman–Crippen MR) is 121 cm³/mol. The van der Waals surface area contributed by atoms with E-state index >= 15 is 0 Å². The van der Waals surface area contributed by atoms with Crippen LogP contribution < -0.4 is 11.5 Å². The highest BCUT2D eigenvalue weighted by atomic mass is 32.2. The molecule has 0 aliphatic rings. The molecule has 0 atom stereocenters. The average molecular weight is 425 g/mol. The molecule has 158 valence electrons. The fourth-order valence-electron chi connectivity index (χ4n) is 2.84. The maximum atomic E-state index is 10.3. The molecule has 0 amide bonds. The van der Waals surface area contributed by atoms with Gasteiger partial charge in [0, 0.05) is 22.5 Å². The lowest BCUT2D eigenvalue weighted by molar-refractivity contribution is 0.463. The summed E-state index contributed by atoms with van der Waals surface area (Å²) in [6.07, 6.45) is 0. The van der Waals surface area contributed by atoms with Crippen molar-refractivity contribution >= 4 is 27.2 Å². The zero-order chi connectivity index (χ0) is 22.6. The maximum Gasteiger partial charge on any atom is 0.124 e. The molecule has 0 fully saturated rings. The summed E-state index contributed by atoms with van der Waals surface area (Å²) in [5, 5.41) is 8.43. The van der Waals surface area contributed by atoms with E-state index in [0.29, 0.717) is 17.1 Å². The van der Waals surface area contributed by atoms with E-state index in [4.69, 9.17) is 16.9 Å². The van der Waals surface area contributed by atoms with Crippen molar-refractivity contribution in [1.82, 2.24) is 0 Å². The lowest BCUT2D eigenvalue weighted by atomic mass is 9.93. The Morgan fingerprint density at radius 1 is 0.767 bits per heavy atom. The van der Waals surface area contributed by atoms with Gasteiger partial charge >= 0.3 is 0 Å². The molecule has 0 saturated carbocycles. The fraction of sp³-hybridized carbons (Fsp3) is 0.174. The van der Waals surface area contributed by atoms with Crippen LogP contribution in [0.4, 0.5) is 11.4 Å². The van der Waals surface area contributed by atoms with Crippen molar-refractivity contribution in [2.45, 2.75) is 32.6 Å². The summed E-state index contributed by atoms with van der Waals surface area (Å²) in [7, 11) is -4.25. The molecule has 0 aliphatic carbocycles. The number of nitrogens with two attached hydrogens (primary N) is 2. The second-order valence-corrected chi connectivity index (χ2v) is 8.46. The normalized spacial score (nSPS) is 10.8. The van der Waals surface area contributed by atoms with Crippen LogP contribution >= 0.6 is 0 Å². The summed E-state index contributed by atoms with van der Waals surface area (Å²) in [5.74, 6) is 0. The van der Waals surface area contributed by atoms with Gasteiger partial charge in [-0.05, 0) is 62.1 Å². The summed E-state index contributed by atoms with van der Waals surface area (Å²) >= 11 is 0. The predicted octanol–water partition coefficient (Wildman–Crippen LogP) is 4.09. The molecule has 0 heterocycles. The van der Waals surface area contributed by atoms with E-state index in [1.165, 1.54) is 24.3 Å². The number of anilines is 2. The lowest BCUT2D eigenvalue weighted by Crippen LogP contribution is -2.11. The van der Waals surface area contributed by atoms with Crippen LogP contribution in [0.1, 0.15) is 33.4 Å². The molecule has 0 unspecified atom stereocenters. The first-order chi connectivity index (χ1) is 13.9. The van der Waals surface area contributed by atoms with Gasteiger partial charge in [-0.1, -0.05) is 42.5 Å². The number of rotatable bonds is 3. The topological polar surface area (TPSA) is 133 Å². The third-order valence-corrected chi connectivity index (χ3v) is 5.99. The van der Waals surface area contributed by atoms with Crippen LogP contribution in [0, 0.1) is 33.1 Å². The fourth-order valence-corrected chi connectivity index (χ4v) is 3.33. The average Bonchev–Trinajstić information content (AvgIpc) is 2.71. The molecule has 0 bridgehead atoms. The number of benzene rings is 3. The molecule has 5 N–H and O–H groups in total. The van der Waals surface area contributed by atoms with Gasteiger partial charge in [-0.3, -0.25) is 5.41 Å². The van der Waals surface area contributed by atoms with Gasteiger partial charge in [0.25, 0.3) is 0 Å². The minimum atomic E-state index is -4.25. The highest BCUT2D eigenvalue weighted by Crippen LogP contribution is 2.27. The summed E-state index contributed by atoms with van der Waals surface area (Å²) in [5.41, 5.74) is 19.8. The molecular formula is C23H26N3O3S-. The first-order valence-electron chi connectivity index (χ1n) is 9.26. The first kappa shape index (κ1) is 23.1. The Morgan fingerprint density at radius 2 is 1.17 bits per heavy atom. The number of nitrogen functional groups attached to an aromatic ring is 2. The maximum absolute atomic E-state index is 10.3. The Labute approximate surface area is 177 Å². The molecule has 0 aliphatic heterocycles. The molecule has 0 saturated heterocycles. The minimum absolute atomic E-state index is 0.185. The summed E-state index contributed by atoms with van der Waals surface area (Å²) < 4.78 is 30.8. The van der Waals surface area contributed by atoms with Crippen LogP contribution in [0.5, 0.6) is 0 Å². The highest BCUT2D eigenvalue weighted by Gasteiger charge is 2.15. The van der Waals surface area contributed by atoms with E-state index in [-0.39, 0.29) is 4.90 Å². The zero-order valence-electron chi connectivity index (χ0n) is 17.5. The van der Waals surface area contributed by atoms with Crippen molar-refractivity contribution in [3.63, 3.8) is 0 Å². The summed E-state index contributed by atoms with van der Waals surface area (Å²) in [6, 6.07) is 15.0. The SMILES string of the molecule is Cc1ccc(C(=N)c2ccc(C)c(C)c2N)c(N)c1C.O=S(=O)([O-])c1ccccc1. The molecule has 3 aromatic carbocycles. The molecule has 6 nitrogen and oxygen atoms in total. The summed E-state index contributed by atoms with van der Waals surface area (Å²) in [4.78, 5) is -0.185. The van der Waals surface area contributed by atoms with Crippen LogP contribution in [0.15, 0.2) is 59.5 Å². The second-order valence-electron chi connectivity index (χ2n) is 7.08. The Balaban J connectivity index is 0.000000269. The van der Waals surface area contributed by atoms with E-state index in [9.17, 15) is 13.0 Å². The third kappa shape index (κ3) is 5.06. The van der Waals surface area contributed by atoms with Gasteiger partial charge in [-0.2, -0.15) is 0 Å². The third-order valence-electron chi connectivity index (χ3n) is 5.14. The van der Waals surface area contributed by atoms with Gasteiger partial charge in [0.05, 0.1) is 10.6 Å². The standard InChI is InChI=1S/C17H21N3.C6H6O3S/c1-9-5-7-13(15(18)11(9)3)17(20)14-8-6-10(2)12(4)16(14)19;7-10(8,9)6-4-2-1-3-5-6/h5-8,20H,18-19H2,1-4H3;1-5H,(H,7,8,9)/p-1. The molecule has 3 rings (SSSR count). The highest BCUT2D eigenvalue weighted by molar-refractivity contribution is 7.85. The molecular weight excluding hydrogens is 398 g/mol. The Hall–Kier alpha value is -3.16. The lowest BCUT2D eigenvalue weighted by Gasteiger charge is -2.15. The molecule has 0 aromatic heterocycles. The number of nitrogens with one attached hydrogen (secondary N) is 1. The molecule has 30 heavy (non-hydrogen) atoms. The first-order valence-corrected chi connectivity index (χ1v) is 10.7. The van der Waals surface area contributed by atoms with Crippen LogP contribution in [0.3, 0.4) is 0 Å². The minimum Gasteiger partial charge on any atom is -0.744 e. The van der Waals surface area contributed by atoms with Crippen molar-refractivity contribution in [3.05, 3.63) is 88.0 Å². The smallest absolute Gasteiger partial charge is 0.124 e. The Morgan fingerprint density at radius 3 is 1.50 bits per heavy atom. The van der Waals surface area contributed by atoms with E-state index in [1.54, 1.807) is 6.07 Å². The van der Waals surface area contributed by atoms with Gasteiger partial charge in [-0.25, -0.2) is 8.42 Å². The Kier molecular flexibility index (Phi) is 7.02. The molecule has 3 aromatic rings. The van der Waals surface area contributed by atoms with Gasteiger partial charge < -0.3 is 16.0 Å². The van der Waals surface area contributed by atoms with Crippen molar-refractivity contribution in [1.29, 1.82) is 5.41 Å². The number of hydrogen-bond acceptors (Lipinski definition) is 6. The van der Waals surface area contributed by atoms with E-state index in [1.807, 2.05) is 52.0 Å². The quantitative estimate of drug-likeness (QED) is 0.331. The van der Waals surface area contributed by atoms with Crippen LogP contribution in [-0.2, 0) is 10.1 Å². The van der Waals surface area contributed by atoms with Crippen LogP contribution in [0.2, 0.25) is 0 Å². The van der Waals surface area contributed by atoms with Crippen LogP contribution in [0.25, 0.3) is 0 Å².